The number of carbonyl (C=O) groups is 1. The molecule has 0 unspecified atom stereocenters. The summed E-state index contributed by atoms with van der Waals surface area (Å²) in [5, 5.41) is 3.07. The summed E-state index contributed by atoms with van der Waals surface area (Å²) in [6.07, 6.45) is 0.670. The average molecular weight is 355 g/mol. The van der Waals surface area contributed by atoms with Gasteiger partial charge in [-0.2, -0.15) is 0 Å². The zero-order valence-corrected chi connectivity index (χ0v) is 15.7. The SMILES string of the molecule is COc1ccc2c(c1)[C@H](NC(=O)COc1cccc(C)c1)CC(C)(C)O2. The highest BCUT2D eigenvalue weighted by atomic mass is 16.5. The van der Waals surface area contributed by atoms with Crippen molar-refractivity contribution in [3.05, 3.63) is 53.6 Å². The molecule has 0 bridgehead atoms. The Labute approximate surface area is 154 Å². The van der Waals surface area contributed by atoms with Gasteiger partial charge in [-0.3, -0.25) is 4.79 Å². The largest absolute Gasteiger partial charge is 0.497 e. The molecular weight excluding hydrogens is 330 g/mol. The summed E-state index contributed by atoms with van der Waals surface area (Å²) in [4.78, 5) is 12.4. The van der Waals surface area contributed by atoms with Crippen LogP contribution in [-0.2, 0) is 4.79 Å². The Kier molecular flexibility index (Phi) is 5.07. The Balaban J connectivity index is 1.71. The van der Waals surface area contributed by atoms with Crippen LogP contribution in [0.1, 0.15) is 37.4 Å². The van der Waals surface area contributed by atoms with Gasteiger partial charge in [0.05, 0.1) is 13.2 Å². The summed E-state index contributed by atoms with van der Waals surface area (Å²) in [5.41, 5.74) is 1.65. The first-order valence-electron chi connectivity index (χ1n) is 8.72. The number of rotatable bonds is 5. The first-order valence-corrected chi connectivity index (χ1v) is 8.72. The highest BCUT2D eigenvalue weighted by Gasteiger charge is 2.34. The molecule has 1 N–H and O–H groups in total. The van der Waals surface area contributed by atoms with Gasteiger partial charge in [0, 0.05) is 12.0 Å². The molecule has 1 aliphatic rings. The van der Waals surface area contributed by atoms with E-state index in [1.165, 1.54) is 0 Å². The Morgan fingerprint density at radius 2 is 2.04 bits per heavy atom. The molecule has 1 heterocycles. The van der Waals surface area contributed by atoms with E-state index in [4.69, 9.17) is 14.2 Å². The predicted octanol–water partition coefficient (Wildman–Crippen LogP) is 3.80. The van der Waals surface area contributed by atoms with Gasteiger partial charge in [-0.25, -0.2) is 0 Å². The molecule has 0 aromatic heterocycles. The Morgan fingerprint density at radius 3 is 2.77 bits per heavy atom. The number of methoxy groups -OCH3 is 1. The first kappa shape index (κ1) is 18.1. The van der Waals surface area contributed by atoms with E-state index >= 15 is 0 Å². The Bertz CT molecular complexity index is 800. The fourth-order valence-corrected chi connectivity index (χ4v) is 3.18. The smallest absolute Gasteiger partial charge is 0.258 e. The molecule has 138 valence electrons. The summed E-state index contributed by atoms with van der Waals surface area (Å²) in [5.74, 6) is 2.03. The van der Waals surface area contributed by atoms with Gasteiger partial charge in [-0.1, -0.05) is 12.1 Å². The molecule has 1 atom stereocenters. The minimum absolute atomic E-state index is 0.0272. The van der Waals surface area contributed by atoms with E-state index in [1.807, 2.05) is 63.2 Å². The molecule has 5 nitrogen and oxygen atoms in total. The van der Waals surface area contributed by atoms with Crippen molar-refractivity contribution in [3.8, 4) is 17.2 Å². The summed E-state index contributed by atoms with van der Waals surface area (Å²) < 4.78 is 17.0. The van der Waals surface area contributed by atoms with E-state index in [2.05, 4.69) is 5.32 Å². The quantitative estimate of drug-likeness (QED) is 0.886. The number of aryl methyl sites for hydroxylation is 1. The molecule has 0 saturated carbocycles. The zero-order valence-electron chi connectivity index (χ0n) is 15.7. The molecule has 0 aliphatic carbocycles. The lowest BCUT2D eigenvalue weighted by atomic mass is 9.89. The van der Waals surface area contributed by atoms with Crippen LogP contribution in [-0.4, -0.2) is 25.2 Å². The second-order valence-electron chi connectivity index (χ2n) is 7.19. The lowest BCUT2D eigenvalue weighted by Crippen LogP contribution is -2.42. The maximum Gasteiger partial charge on any atom is 0.258 e. The van der Waals surface area contributed by atoms with E-state index in [1.54, 1.807) is 7.11 Å². The lowest BCUT2D eigenvalue weighted by Gasteiger charge is -2.38. The fourth-order valence-electron chi connectivity index (χ4n) is 3.18. The van der Waals surface area contributed by atoms with Gasteiger partial charge in [0.1, 0.15) is 22.8 Å². The molecule has 0 fully saturated rings. The van der Waals surface area contributed by atoms with Crippen LogP contribution in [0.15, 0.2) is 42.5 Å². The van der Waals surface area contributed by atoms with Gasteiger partial charge >= 0.3 is 0 Å². The lowest BCUT2D eigenvalue weighted by molar-refractivity contribution is -0.124. The Hall–Kier alpha value is -2.69. The normalized spacial score (nSPS) is 17.6. The third-order valence-electron chi connectivity index (χ3n) is 4.37. The van der Waals surface area contributed by atoms with E-state index in [0.717, 1.165) is 22.6 Å². The molecule has 0 spiro atoms. The number of benzene rings is 2. The van der Waals surface area contributed by atoms with Crippen LogP contribution in [0.2, 0.25) is 0 Å². The summed E-state index contributed by atoms with van der Waals surface area (Å²) in [6.45, 7) is 5.99. The number of hydrogen-bond acceptors (Lipinski definition) is 4. The summed E-state index contributed by atoms with van der Waals surface area (Å²) >= 11 is 0. The van der Waals surface area contributed by atoms with Crippen LogP contribution in [0, 0.1) is 6.92 Å². The van der Waals surface area contributed by atoms with Gasteiger partial charge in [-0.15, -0.1) is 0 Å². The van der Waals surface area contributed by atoms with Crippen molar-refractivity contribution in [1.82, 2.24) is 5.32 Å². The summed E-state index contributed by atoms with van der Waals surface area (Å²) in [6, 6.07) is 13.2. The number of ether oxygens (including phenoxy) is 3. The molecule has 5 heteroatoms. The fraction of sp³-hybridized carbons (Fsp3) is 0.381. The van der Waals surface area contributed by atoms with Gasteiger partial charge in [0.15, 0.2) is 6.61 Å². The van der Waals surface area contributed by atoms with Crippen LogP contribution in [0.4, 0.5) is 0 Å². The molecule has 2 aromatic rings. The third kappa shape index (κ3) is 4.28. The van der Waals surface area contributed by atoms with E-state index in [-0.39, 0.29) is 24.2 Å². The maximum atomic E-state index is 12.4. The highest BCUT2D eigenvalue weighted by Crippen LogP contribution is 2.41. The van der Waals surface area contributed by atoms with Crippen LogP contribution >= 0.6 is 0 Å². The minimum atomic E-state index is -0.364. The average Bonchev–Trinajstić information content (AvgIpc) is 2.59. The maximum absolute atomic E-state index is 12.4. The first-order chi connectivity index (χ1) is 12.4. The van der Waals surface area contributed by atoms with Crippen molar-refractivity contribution < 1.29 is 19.0 Å². The van der Waals surface area contributed by atoms with Gasteiger partial charge < -0.3 is 19.5 Å². The van der Waals surface area contributed by atoms with Crippen LogP contribution in [0.3, 0.4) is 0 Å². The van der Waals surface area contributed by atoms with Crippen molar-refractivity contribution in [2.45, 2.75) is 38.8 Å². The predicted molar refractivity (Wildman–Crippen MR) is 99.9 cm³/mol. The second kappa shape index (κ2) is 7.28. The van der Waals surface area contributed by atoms with E-state index < -0.39 is 0 Å². The number of nitrogens with one attached hydrogen (secondary N) is 1. The monoisotopic (exact) mass is 355 g/mol. The molecule has 0 saturated heterocycles. The summed E-state index contributed by atoms with van der Waals surface area (Å²) in [7, 11) is 1.62. The van der Waals surface area contributed by atoms with Crippen LogP contribution in [0.25, 0.3) is 0 Å². The second-order valence-corrected chi connectivity index (χ2v) is 7.19. The number of carbonyl (C=O) groups excluding carboxylic acids is 1. The molecule has 1 aliphatic heterocycles. The van der Waals surface area contributed by atoms with Crippen LogP contribution < -0.4 is 19.5 Å². The molecule has 26 heavy (non-hydrogen) atoms. The van der Waals surface area contributed by atoms with Gasteiger partial charge in [0.25, 0.3) is 5.91 Å². The number of fused-ring (bicyclic) bond motifs is 1. The van der Waals surface area contributed by atoms with Crippen molar-refractivity contribution in [2.75, 3.05) is 13.7 Å². The Morgan fingerprint density at radius 1 is 1.23 bits per heavy atom. The van der Waals surface area contributed by atoms with Gasteiger partial charge in [-0.05, 0) is 56.7 Å². The van der Waals surface area contributed by atoms with Crippen molar-refractivity contribution >= 4 is 5.91 Å². The highest BCUT2D eigenvalue weighted by molar-refractivity contribution is 5.78. The van der Waals surface area contributed by atoms with Crippen molar-refractivity contribution in [3.63, 3.8) is 0 Å². The van der Waals surface area contributed by atoms with Crippen molar-refractivity contribution in [1.29, 1.82) is 0 Å². The van der Waals surface area contributed by atoms with Crippen LogP contribution in [0.5, 0.6) is 17.2 Å². The molecule has 3 rings (SSSR count). The minimum Gasteiger partial charge on any atom is -0.497 e. The van der Waals surface area contributed by atoms with E-state index in [9.17, 15) is 4.79 Å². The number of amides is 1. The number of hydrogen-bond donors (Lipinski definition) is 1. The van der Waals surface area contributed by atoms with E-state index in [0.29, 0.717) is 12.2 Å². The molecule has 1 amide bonds. The van der Waals surface area contributed by atoms with Gasteiger partial charge in [0.2, 0.25) is 0 Å². The van der Waals surface area contributed by atoms with Crippen molar-refractivity contribution in [2.24, 2.45) is 0 Å². The molecule has 0 radical (unpaired) electrons. The molecule has 2 aromatic carbocycles. The zero-order chi connectivity index (χ0) is 18.7. The molecular formula is C21H25NO4. The topological polar surface area (TPSA) is 56.8 Å². The third-order valence-corrected chi connectivity index (χ3v) is 4.37. The standard InChI is InChI=1S/C21H25NO4/c1-14-6-5-7-16(10-14)25-13-20(23)22-18-12-21(2,3)26-19-9-8-15(24-4)11-17(18)19/h5-11,18H,12-13H2,1-4H3,(H,22,23)/t18-/m1/s1.